The zero-order valence-electron chi connectivity index (χ0n) is 11.6. The topological polar surface area (TPSA) is 0 Å². The van der Waals surface area contributed by atoms with Gasteiger partial charge in [0.15, 0.2) is 0 Å². The van der Waals surface area contributed by atoms with Crippen LogP contribution in [0.4, 0.5) is 0 Å². The van der Waals surface area contributed by atoms with Gasteiger partial charge in [-0.3, -0.25) is 0 Å². The SMILES string of the molecule is C=C(CCC(=C)c1cccs1)c1ccc2c(c1)C=CC2. The van der Waals surface area contributed by atoms with E-state index in [0.717, 1.165) is 19.3 Å². The molecule has 0 aliphatic heterocycles. The maximum absolute atomic E-state index is 4.24. The first-order valence-electron chi connectivity index (χ1n) is 6.93. The van der Waals surface area contributed by atoms with Crippen LogP contribution in [-0.2, 0) is 6.42 Å². The minimum Gasteiger partial charge on any atom is -0.144 e. The van der Waals surface area contributed by atoms with E-state index < -0.39 is 0 Å². The average molecular weight is 278 g/mol. The van der Waals surface area contributed by atoms with Gasteiger partial charge in [-0.25, -0.2) is 0 Å². The van der Waals surface area contributed by atoms with Crippen molar-refractivity contribution in [2.24, 2.45) is 0 Å². The second-order valence-corrected chi connectivity index (χ2v) is 6.15. The van der Waals surface area contributed by atoms with Gasteiger partial charge >= 0.3 is 0 Å². The molecular formula is C19H18S. The fraction of sp³-hybridized carbons (Fsp3) is 0.158. The molecule has 2 aromatic rings. The van der Waals surface area contributed by atoms with Gasteiger partial charge in [0, 0.05) is 4.88 Å². The number of hydrogen-bond acceptors (Lipinski definition) is 1. The quantitative estimate of drug-likeness (QED) is 0.646. The number of benzene rings is 1. The molecule has 0 bridgehead atoms. The lowest BCUT2D eigenvalue weighted by Crippen LogP contribution is -1.88. The van der Waals surface area contributed by atoms with Gasteiger partial charge in [0.25, 0.3) is 0 Å². The second kappa shape index (κ2) is 5.64. The number of fused-ring (bicyclic) bond motifs is 1. The van der Waals surface area contributed by atoms with E-state index in [9.17, 15) is 0 Å². The summed E-state index contributed by atoms with van der Waals surface area (Å²) in [5.74, 6) is 0. The highest BCUT2D eigenvalue weighted by Crippen LogP contribution is 2.29. The van der Waals surface area contributed by atoms with E-state index in [-0.39, 0.29) is 0 Å². The van der Waals surface area contributed by atoms with Crippen LogP contribution >= 0.6 is 11.3 Å². The number of rotatable bonds is 5. The Balaban J connectivity index is 1.65. The summed E-state index contributed by atoms with van der Waals surface area (Å²) in [6.07, 6.45) is 7.44. The molecule has 0 spiro atoms. The maximum atomic E-state index is 4.24. The summed E-state index contributed by atoms with van der Waals surface area (Å²) in [5, 5.41) is 2.10. The van der Waals surface area contributed by atoms with Crippen LogP contribution in [-0.4, -0.2) is 0 Å². The maximum Gasteiger partial charge on any atom is 0.0296 e. The molecule has 100 valence electrons. The van der Waals surface area contributed by atoms with Crippen molar-refractivity contribution in [1.82, 2.24) is 0 Å². The van der Waals surface area contributed by atoms with E-state index >= 15 is 0 Å². The first kappa shape index (κ1) is 13.1. The van der Waals surface area contributed by atoms with Crippen LogP contribution in [0, 0.1) is 0 Å². The molecular weight excluding hydrogens is 260 g/mol. The van der Waals surface area contributed by atoms with Gasteiger partial charge < -0.3 is 0 Å². The molecule has 0 N–H and O–H groups in total. The third-order valence-corrected chi connectivity index (χ3v) is 4.76. The fourth-order valence-corrected chi connectivity index (χ4v) is 3.25. The van der Waals surface area contributed by atoms with Crippen LogP contribution in [0.15, 0.2) is 54.9 Å². The van der Waals surface area contributed by atoms with Crippen molar-refractivity contribution in [3.8, 4) is 0 Å². The first-order chi connectivity index (χ1) is 9.74. The summed E-state index contributed by atoms with van der Waals surface area (Å²) < 4.78 is 0. The lowest BCUT2D eigenvalue weighted by molar-refractivity contribution is 1.09. The zero-order chi connectivity index (χ0) is 13.9. The molecule has 0 saturated carbocycles. The van der Waals surface area contributed by atoms with E-state index in [2.05, 4.69) is 61.0 Å². The summed E-state index contributed by atoms with van der Waals surface area (Å²) in [6, 6.07) is 10.9. The lowest BCUT2D eigenvalue weighted by Gasteiger charge is -2.09. The van der Waals surface area contributed by atoms with Gasteiger partial charge in [0.2, 0.25) is 0 Å². The highest BCUT2D eigenvalue weighted by atomic mass is 32.1. The van der Waals surface area contributed by atoms with Crippen LogP contribution in [0.5, 0.6) is 0 Å². The van der Waals surface area contributed by atoms with E-state index in [4.69, 9.17) is 0 Å². The molecule has 0 amide bonds. The number of hydrogen-bond donors (Lipinski definition) is 0. The molecule has 0 saturated heterocycles. The van der Waals surface area contributed by atoms with Crippen molar-refractivity contribution in [2.75, 3.05) is 0 Å². The summed E-state index contributed by atoms with van der Waals surface area (Å²) in [7, 11) is 0. The van der Waals surface area contributed by atoms with Crippen LogP contribution < -0.4 is 0 Å². The van der Waals surface area contributed by atoms with Gasteiger partial charge in [0.05, 0.1) is 0 Å². The van der Waals surface area contributed by atoms with Crippen LogP contribution in [0.1, 0.15) is 34.4 Å². The molecule has 1 heterocycles. The standard InChI is InChI=1S/C19H18S/c1-14(8-9-15(2)19-7-4-12-20-19)17-11-10-16-5-3-6-18(16)13-17/h3-4,6-7,10-13H,1-2,5,8-9H2. The van der Waals surface area contributed by atoms with Crippen molar-refractivity contribution in [2.45, 2.75) is 19.3 Å². The number of allylic oxidation sites excluding steroid dienone is 3. The highest BCUT2D eigenvalue weighted by molar-refractivity contribution is 7.11. The third-order valence-electron chi connectivity index (χ3n) is 3.79. The second-order valence-electron chi connectivity index (χ2n) is 5.20. The normalized spacial score (nSPS) is 12.4. The molecule has 0 atom stereocenters. The van der Waals surface area contributed by atoms with Gasteiger partial charge in [-0.1, -0.05) is 43.5 Å². The van der Waals surface area contributed by atoms with Crippen LogP contribution in [0.25, 0.3) is 17.2 Å². The predicted molar refractivity (Wildman–Crippen MR) is 90.8 cm³/mol. The lowest BCUT2D eigenvalue weighted by atomic mass is 9.97. The minimum atomic E-state index is 0.971. The van der Waals surface area contributed by atoms with Crippen molar-refractivity contribution in [3.63, 3.8) is 0 Å². The Kier molecular flexibility index (Phi) is 3.70. The molecule has 0 unspecified atom stereocenters. The van der Waals surface area contributed by atoms with E-state index in [1.54, 1.807) is 11.3 Å². The molecule has 0 nitrogen and oxygen atoms in total. The minimum absolute atomic E-state index is 0.971. The van der Waals surface area contributed by atoms with Crippen LogP contribution in [0.2, 0.25) is 0 Å². The molecule has 1 aromatic heterocycles. The van der Waals surface area contributed by atoms with Gasteiger partial charge in [-0.2, -0.15) is 0 Å². The fourth-order valence-electron chi connectivity index (χ4n) is 2.52. The summed E-state index contributed by atoms with van der Waals surface area (Å²) in [5.41, 5.74) is 6.44. The van der Waals surface area contributed by atoms with Crippen molar-refractivity contribution < 1.29 is 0 Å². The zero-order valence-corrected chi connectivity index (χ0v) is 12.4. The largest absolute Gasteiger partial charge is 0.144 e. The Morgan fingerprint density at radius 1 is 1.10 bits per heavy atom. The summed E-state index contributed by atoms with van der Waals surface area (Å²) in [4.78, 5) is 1.29. The molecule has 20 heavy (non-hydrogen) atoms. The molecule has 1 aliphatic carbocycles. The predicted octanol–water partition coefficient (Wildman–Crippen LogP) is 5.82. The molecule has 1 aromatic carbocycles. The smallest absolute Gasteiger partial charge is 0.0296 e. The molecule has 1 heteroatoms. The van der Waals surface area contributed by atoms with Gasteiger partial charge in [-0.15, -0.1) is 11.3 Å². The van der Waals surface area contributed by atoms with Gasteiger partial charge in [0.1, 0.15) is 0 Å². The van der Waals surface area contributed by atoms with Crippen molar-refractivity contribution in [3.05, 3.63) is 76.5 Å². The first-order valence-corrected chi connectivity index (χ1v) is 7.81. The van der Waals surface area contributed by atoms with Crippen LogP contribution in [0.3, 0.4) is 0 Å². The molecule has 1 aliphatic rings. The van der Waals surface area contributed by atoms with E-state index in [0.29, 0.717) is 0 Å². The third kappa shape index (κ3) is 2.68. The van der Waals surface area contributed by atoms with E-state index in [1.165, 1.54) is 32.7 Å². The molecule has 0 radical (unpaired) electrons. The highest BCUT2D eigenvalue weighted by Gasteiger charge is 2.08. The Hall–Kier alpha value is -1.86. The van der Waals surface area contributed by atoms with Crippen molar-refractivity contribution in [1.29, 1.82) is 0 Å². The number of thiophene rings is 1. The Labute approximate surface area is 124 Å². The Morgan fingerprint density at radius 3 is 2.75 bits per heavy atom. The monoisotopic (exact) mass is 278 g/mol. The van der Waals surface area contributed by atoms with E-state index in [1.807, 2.05) is 0 Å². The average Bonchev–Trinajstić information content (AvgIpc) is 3.13. The Bertz CT molecular complexity index is 672. The summed E-state index contributed by atoms with van der Waals surface area (Å²) >= 11 is 1.76. The molecule has 0 fully saturated rings. The van der Waals surface area contributed by atoms with Crippen molar-refractivity contribution >= 4 is 28.6 Å². The summed E-state index contributed by atoms with van der Waals surface area (Å²) in [6.45, 7) is 8.42. The molecule has 3 rings (SSSR count). The Morgan fingerprint density at radius 2 is 1.95 bits per heavy atom. The van der Waals surface area contributed by atoms with Gasteiger partial charge in [-0.05, 0) is 64.6 Å².